The van der Waals surface area contributed by atoms with Gasteiger partial charge in [0.2, 0.25) is 0 Å². The summed E-state index contributed by atoms with van der Waals surface area (Å²) in [6.07, 6.45) is 0.962. The predicted molar refractivity (Wildman–Crippen MR) is 134 cm³/mol. The molecule has 1 fully saturated rings. The van der Waals surface area contributed by atoms with Crippen LogP contribution in [-0.4, -0.2) is 58.7 Å². The van der Waals surface area contributed by atoms with Crippen molar-refractivity contribution in [2.24, 2.45) is 0 Å². The molecule has 0 aromatic heterocycles. The molecular weight excluding hydrogens is 458 g/mol. The first-order chi connectivity index (χ1) is 17.5. The monoisotopic (exact) mass is 485 g/mol. The van der Waals surface area contributed by atoms with E-state index in [1.54, 1.807) is 4.90 Å². The van der Waals surface area contributed by atoms with Gasteiger partial charge in [-0.05, 0) is 41.7 Å². The van der Waals surface area contributed by atoms with Crippen molar-refractivity contribution in [1.29, 1.82) is 0 Å². The van der Waals surface area contributed by atoms with Crippen LogP contribution < -0.4 is 4.90 Å². The summed E-state index contributed by atoms with van der Waals surface area (Å²) in [6, 6.07) is 23.1. The van der Waals surface area contributed by atoms with Gasteiger partial charge in [-0.15, -0.1) is 0 Å². The van der Waals surface area contributed by atoms with E-state index in [1.165, 1.54) is 9.80 Å². The van der Waals surface area contributed by atoms with Gasteiger partial charge in [-0.1, -0.05) is 66.7 Å². The SMILES string of the molecule is O=C(O)[C@@H]1CN(C(=O)OCc2ccccc2)CCN1C(=O)N1c2ccccc2CCc2ccccc21. The lowest BCUT2D eigenvalue weighted by molar-refractivity contribution is -0.143. The van der Waals surface area contributed by atoms with E-state index in [-0.39, 0.29) is 26.2 Å². The molecule has 5 rings (SSSR count). The topological polar surface area (TPSA) is 90.4 Å². The van der Waals surface area contributed by atoms with Crippen molar-refractivity contribution in [1.82, 2.24) is 9.80 Å². The molecule has 3 amide bonds. The summed E-state index contributed by atoms with van der Waals surface area (Å²) in [7, 11) is 0. The number of amides is 3. The molecule has 2 aliphatic heterocycles. The first-order valence-electron chi connectivity index (χ1n) is 12.0. The van der Waals surface area contributed by atoms with E-state index in [1.807, 2.05) is 78.9 Å². The van der Waals surface area contributed by atoms with Gasteiger partial charge in [0.1, 0.15) is 12.6 Å². The Morgan fingerprint density at radius 3 is 2.00 bits per heavy atom. The Morgan fingerprint density at radius 2 is 1.39 bits per heavy atom. The third-order valence-electron chi connectivity index (χ3n) is 6.69. The Bertz CT molecular complexity index is 1230. The normalized spacial score (nSPS) is 17.0. The number of nitrogens with zero attached hydrogens (tertiary/aromatic N) is 3. The standard InChI is InChI=1S/C28H27N3O5/c32-26(33)25-18-29(28(35)36-19-20-8-2-1-3-9-20)16-17-30(25)27(34)31-23-12-6-4-10-21(23)14-15-22-11-5-7-13-24(22)31/h1-13,25H,14-19H2,(H,32,33)/t25-/m0/s1. The number of rotatable bonds is 3. The predicted octanol–water partition coefficient (Wildman–Crippen LogP) is 4.45. The van der Waals surface area contributed by atoms with Gasteiger partial charge in [0.05, 0.1) is 17.9 Å². The second-order valence-corrected chi connectivity index (χ2v) is 8.91. The quantitative estimate of drug-likeness (QED) is 0.592. The summed E-state index contributed by atoms with van der Waals surface area (Å²) in [5.74, 6) is -1.17. The van der Waals surface area contributed by atoms with E-state index in [2.05, 4.69) is 0 Å². The second-order valence-electron chi connectivity index (χ2n) is 8.91. The number of anilines is 2. The maximum absolute atomic E-state index is 14.0. The van der Waals surface area contributed by atoms with Gasteiger partial charge >= 0.3 is 18.1 Å². The molecule has 1 saturated heterocycles. The molecule has 3 aromatic rings. The van der Waals surface area contributed by atoms with Crippen molar-refractivity contribution in [3.8, 4) is 0 Å². The maximum atomic E-state index is 14.0. The lowest BCUT2D eigenvalue weighted by Gasteiger charge is -2.41. The molecule has 8 nitrogen and oxygen atoms in total. The Balaban J connectivity index is 1.38. The summed E-state index contributed by atoms with van der Waals surface area (Å²) in [5.41, 5.74) is 4.39. The zero-order chi connectivity index (χ0) is 25.1. The largest absolute Gasteiger partial charge is 0.480 e. The molecule has 0 radical (unpaired) electrons. The third kappa shape index (κ3) is 4.62. The molecule has 8 heteroatoms. The Morgan fingerprint density at radius 1 is 0.806 bits per heavy atom. The Labute approximate surface area is 209 Å². The molecule has 0 aliphatic carbocycles. The van der Waals surface area contributed by atoms with Crippen LogP contribution in [0.25, 0.3) is 0 Å². The van der Waals surface area contributed by atoms with Gasteiger partial charge in [0, 0.05) is 13.1 Å². The second kappa shape index (κ2) is 10.1. The van der Waals surface area contributed by atoms with Crippen LogP contribution in [0.3, 0.4) is 0 Å². The van der Waals surface area contributed by atoms with Gasteiger partial charge < -0.3 is 19.6 Å². The Kier molecular flexibility index (Phi) is 6.58. The van der Waals surface area contributed by atoms with Gasteiger partial charge in [-0.3, -0.25) is 4.90 Å². The van der Waals surface area contributed by atoms with Crippen LogP contribution in [0.5, 0.6) is 0 Å². The molecule has 2 aliphatic rings. The number of carboxylic acid groups (broad SMARTS) is 1. The van der Waals surface area contributed by atoms with Crippen molar-refractivity contribution >= 4 is 29.5 Å². The van der Waals surface area contributed by atoms with Crippen molar-refractivity contribution in [2.45, 2.75) is 25.5 Å². The number of urea groups is 1. The summed E-state index contributed by atoms with van der Waals surface area (Å²) in [6.45, 7) is 0.209. The number of hydrogen-bond donors (Lipinski definition) is 1. The molecule has 0 bridgehead atoms. The first-order valence-corrected chi connectivity index (χ1v) is 12.0. The summed E-state index contributed by atoms with van der Waals surface area (Å²) in [4.78, 5) is 43.3. The zero-order valence-corrected chi connectivity index (χ0v) is 19.7. The van der Waals surface area contributed by atoms with Gasteiger partial charge in [0.25, 0.3) is 0 Å². The van der Waals surface area contributed by atoms with Crippen LogP contribution in [0, 0.1) is 0 Å². The van der Waals surface area contributed by atoms with Crippen LogP contribution in [0.15, 0.2) is 78.9 Å². The van der Waals surface area contributed by atoms with Crippen LogP contribution in [0.4, 0.5) is 21.0 Å². The van der Waals surface area contributed by atoms with Crippen molar-refractivity contribution in [2.75, 3.05) is 24.5 Å². The van der Waals surface area contributed by atoms with E-state index in [4.69, 9.17) is 4.74 Å². The van der Waals surface area contributed by atoms with Gasteiger partial charge in [-0.2, -0.15) is 0 Å². The number of carboxylic acids is 1. The molecule has 0 spiro atoms. The highest BCUT2D eigenvalue weighted by molar-refractivity contribution is 6.02. The molecule has 184 valence electrons. The number of aliphatic carboxylic acids is 1. The third-order valence-corrected chi connectivity index (χ3v) is 6.69. The molecule has 36 heavy (non-hydrogen) atoms. The average Bonchev–Trinajstić information content (AvgIpc) is 3.08. The molecule has 1 atom stereocenters. The molecular formula is C28H27N3O5. The number of hydrogen-bond acceptors (Lipinski definition) is 4. The van der Waals surface area contributed by atoms with E-state index in [0.717, 1.165) is 40.9 Å². The molecule has 3 aromatic carbocycles. The fourth-order valence-electron chi connectivity index (χ4n) is 4.81. The minimum absolute atomic E-state index is 0.0804. The smallest absolute Gasteiger partial charge is 0.410 e. The zero-order valence-electron chi connectivity index (χ0n) is 19.7. The molecule has 1 N–H and O–H groups in total. The molecule has 0 saturated carbocycles. The van der Waals surface area contributed by atoms with Gasteiger partial charge in [-0.25, -0.2) is 14.4 Å². The number of ether oxygens (including phenoxy) is 1. The lowest BCUT2D eigenvalue weighted by Crippen LogP contribution is -2.61. The van der Waals surface area contributed by atoms with Crippen LogP contribution in [-0.2, 0) is 29.0 Å². The van der Waals surface area contributed by atoms with Crippen LogP contribution in [0.1, 0.15) is 16.7 Å². The Hall–Kier alpha value is -4.33. The van der Waals surface area contributed by atoms with Crippen molar-refractivity contribution in [3.63, 3.8) is 0 Å². The van der Waals surface area contributed by atoms with E-state index < -0.39 is 24.1 Å². The number of benzene rings is 3. The van der Waals surface area contributed by atoms with Crippen molar-refractivity contribution < 1.29 is 24.2 Å². The minimum atomic E-state index is -1.20. The molecule has 2 heterocycles. The summed E-state index contributed by atoms with van der Waals surface area (Å²) < 4.78 is 5.40. The first kappa shape index (κ1) is 23.4. The lowest BCUT2D eigenvalue weighted by atomic mass is 10.0. The highest BCUT2D eigenvalue weighted by Crippen LogP contribution is 2.37. The number of para-hydroxylation sites is 2. The van der Waals surface area contributed by atoms with Crippen LogP contribution >= 0.6 is 0 Å². The summed E-state index contributed by atoms with van der Waals surface area (Å²) >= 11 is 0. The fourth-order valence-corrected chi connectivity index (χ4v) is 4.81. The molecule has 0 unspecified atom stereocenters. The van der Waals surface area contributed by atoms with Gasteiger partial charge in [0.15, 0.2) is 0 Å². The van der Waals surface area contributed by atoms with Crippen LogP contribution in [0.2, 0.25) is 0 Å². The van der Waals surface area contributed by atoms with E-state index >= 15 is 0 Å². The average molecular weight is 486 g/mol. The van der Waals surface area contributed by atoms with E-state index in [0.29, 0.717) is 0 Å². The highest BCUT2D eigenvalue weighted by atomic mass is 16.6. The minimum Gasteiger partial charge on any atom is -0.480 e. The maximum Gasteiger partial charge on any atom is 0.410 e. The summed E-state index contributed by atoms with van der Waals surface area (Å²) in [5, 5.41) is 10.0. The number of piperazine rings is 1. The highest BCUT2D eigenvalue weighted by Gasteiger charge is 2.41. The number of carbonyl (C=O) groups is 3. The van der Waals surface area contributed by atoms with E-state index in [9.17, 15) is 19.5 Å². The fraction of sp³-hybridized carbons (Fsp3) is 0.250. The number of fused-ring (bicyclic) bond motifs is 2. The van der Waals surface area contributed by atoms with Crippen molar-refractivity contribution in [3.05, 3.63) is 95.6 Å². The number of aryl methyl sites for hydroxylation is 2. The number of carbonyl (C=O) groups excluding carboxylic acids is 2.